The van der Waals surface area contributed by atoms with Gasteiger partial charge in [-0.15, -0.1) is 0 Å². The fourth-order valence-electron chi connectivity index (χ4n) is 7.28. The van der Waals surface area contributed by atoms with Gasteiger partial charge >= 0.3 is 25.7 Å². The molecule has 0 radical (unpaired) electrons. The second-order valence-corrected chi connectivity index (χ2v) is 19.5. The summed E-state index contributed by atoms with van der Waals surface area (Å²) in [6, 6.07) is 0. The van der Waals surface area contributed by atoms with Crippen LogP contribution in [0.3, 0.4) is 0 Å². The van der Waals surface area contributed by atoms with E-state index in [1.54, 1.807) is 0 Å². The van der Waals surface area contributed by atoms with E-state index < -0.39 is 57.8 Å². The second-order valence-electron chi connectivity index (χ2n) is 18.0. The molecule has 0 saturated carbocycles. The summed E-state index contributed by atoms with van der Waals surface area (Å²) in [6.07, 6.45) is 53.3. The molecule has 0 aliphatic carbocycles. The summed E-state index contributed by atoms with van der Waals surface area (Å²) < 4.78 is 39.3. The van der Waals surface area contributed by atoms with Crippen LogP contribution in [0.1, 0.15) is 239 Å². The number of phosphoric acid groups is 1. The molecule has 0 fully saturated rings. The van der Waals surface area contributed by atoms with Crippen molar-refractivity contribution in [1.29, 1.82) is 0 Å². The van der Waals surface area contributed by atoms with Crippen molar-refractivity contribution in [2.75, 3.05) is 26.4 Å². The summed E-state index contributed by atoms with van der Waals surface area (Å²) in [4.78, 5) is 48.3. The molecule has 2 N–H and O–H groups in total. The van der Waals surface area contributed by atoms with Crippen LogP contribution in [0.15, 0.2) is 60.8 Å². The van der Waals surface area contributed by atoms with Gasteiger partial charge in [0, 0.05) is 19.3 Å². The van der Waals surface area contributed by atoms with Crippen LogP contribution in [-0.4, -0.2) is 66.5 Å². The Balaban J connectivity index is 4.76. The number of aliphatic hydroxyl groups is 1. The SMILES string of the molecule is CC/C=C\C/C=C\C/C=C\C/C=C\CCCCC(=O)OC(COC(=O)CCCCCCCCCCCCC)COP(=O)(O)OCC(CO)OC(=O)CCCCCCC/C=C\CCCCCCCC. The van der Waals surface area contributed by atoms with E-state index in [2.05, 4.69) is 81.5 Å². The quantitative estimate of drug-likeness (QED) is 0.0197. The number of carbonyl (C=O) groups is 3. The van der Waals surface area contributed by atoms with Gasteiger partial charge in [0.15, 0.2) is 6.10 Å². The maximum Gasteiger partial charge on any atom is 0.472 e. The Morgan fingerprint density at radius 1 is 0.426 bits per heavy atom. The number of rotatable bonds is 50. The zero-order valence-electron chi connectivity index (χ0n) is 43.3. The van der Waals surface area contributed by atoms with Crippen LogP contribution in [0.2, 0.25) is 0 Å². The van der Waals surface area contributed by atoms with Crippen LogP contribution in [-0.2, 0) is 42.2 Å². The average molecular weight is 979 g/mol. The van der Waals surface area contributed by atoms with Crippen molar-refractivity contribution in [1.82, 2.24) is 0 Å². The van der Waals surface area contributed by atoms with E-state index in [9.17, 15) is 28.9 Å². The van der Waals surface area contributed by atoms with Crippen LogP contribution in [0.5, 0.6) is 0 Å². The van der Waals surface area contributed by atoms with E-state index >= 15 is 0 Å². The van der Waals surface area contributed by atoms with Gasteiger partial charge in [-0.1, -0.05) is 197 Å². The van der Waals surface area contributed by atoms with Gasteiger partial charge in [-0.25, -0.2) is 4.57 Å². The molecule has 0 saturated heterocycles. The van der Waals surface area contributed by atoms with Crippen molar-refractivity contribution >= 4 is 25.7 Å². The first-order valence-corrected chi connectivity index (χ1v) is 28.7. The number of esters is 3. The lowest BCUT2D eigenvalue weighted by atomic mass is 10.1. The van der Waals surface area contributed by atoms with Gasteiger partial charge in [-0.3, -0.25) is 23.4 Å². The van der Waals surface area contributed by atoms with E-state index in [1.807, 2.05) is 0 Å². The standard InChI is InChI=1S/C56H99O11P/c1-4-7-10-13-16-19-22-24-26-28-31-34-37-40-43-46-55(59)66-52(48-57)50-64-68(61,62)65-51-53(49-63-54(58)45-42-39-36-33-30-21-18-15-12-9-6-3)67-56(60)47-44-41-38-35-32-29-27-25-23-20-17-14-11-8-5-2/h8,11,17,20,24-27,32,35,52-53,57H,4-7,9-10,12-16,18-19,21-23,28-31,33-34,36-51H2,1-3H3,(H,61,62)/b11-8-,20-17-,26-24-,27-25-,35-32-. The monoisotopic (exact) mass is 979 g/mol. The maximum absolute atomic E-state index is 12.9. The molecule has 0 rings (SSSR count). The van der Waals surface area contributed by atoms with Crippen molar-refractivity contribution in [3.05, 3.63) is 60.8 Å². The Morgan fingerprint density at radius 3 is 1.22 bits per heavy atom. The molecule has 68 heavy (non-hydrogen) atoms. The van der Waals surface area contributed by atoms with Crippen molar-refractivity contribution in [2.45, 2.75) is 251 Å². The molecule has 11 nitrogen and oxygen atoms in total. The smallest absolute Gasteiger partial charge is 0.462 e. The molecule has 12 heteroatoms. The number of carbonyl (C=O) groups excluding carboxylic acids is 3. The normalized spacial score (nSPS) is 13.9. The van der Waals surface area contributed by atoms with Gasteiger partial charge in [0.05, 0.1) is 19.8 Å². The molecular weight excluding hydrogens is 880 g/mol. The number of ether oxygens (including phenoxy) is 3. The number of aliphatic hydroxyl groups excluding tert-OH is 1. The molecule has 0 aliphatic rings. The van der Waals surface area contributed by atoms with Gasteiger partial charge in [-0.05, 0) is 83.5 Å². The summed E-state index contributed by atoms with van der Waals surface area (Å²) in [5.74, 6) is -1.52. The molecule has 394 valence electrons. The summed E-state index contributed by atoms with van der Waals surface area (Å²) in [5.41, 5.74) is 0. The minimum atomic E-state index is -4.75. The maximum atomic E-state index is 12.9. The number of allylic oxidation sites excluding steroid dienone is 10. The highest BCUT2D eigenvalue weighted by Crippen LogP contribution is 2.43. The highest BCUT2D eigenvalue weighted by molar-refractivity contribution is 7.47. The van der Waals surface area contributed by atoms with Crippen LogP contribution in [0.4, 0.5) is 0 Å². The number of unbranched alkanes of at least 4 members (excludes halogenated alkanes) is 23. The van der Waals surface area contributed by atoms with E-state index in [0.29, 0.717) is 19.3 Å². The molecule has 3 atom stereocenters. The predicted octanol–water partition coefficient (Wildman–Crippen LogP) is 15.6. The topological polar surface area (TPSA) is 155 Å². The van der Waals surface area contributed by atoms with Crippen LogP contribution in [0.25, 0.3) is 0 Å². The number of hydrogen-bond acceptors (Lipinski definition) is 10. The zero-order chi connectivity index (χ0) is 49.9. The van der Waals surface area contributed by atoms with Gasteiger partial charge < -0.3 is 24.2 Å². The third-order valence-corrected chi connectivity index (χ3v) is 12.4. The molecule has 0 bridgehead atoms. The summed E-state index contributed by atoms with van der Waals surface area (Å²) in [7, 11) is -4.75. The van der Waals surface area contributed by atoms with Gasteiger partial charge in [0.25, 0.3) is 0 Å². The van der Waals surface area contributed by atoms with Gasteiger partial charge in [0.2, 0.25) is 0 Å². The Labute approximate surface area is 415 Å². The minimum absolute atomic E-state index is 0.116. The zero-order valence-corrected chi connectivity index (χ0v) is 44.2. The largest absolute Gasteiger partial charge is 0.472 e. The fraction of sp³-hybridized carbons (Fsp3) is 0.768. The molecule has 0 spiro atoms. The van der Waals surface area contributed by atoms with Crippen molar-refractivity contribution in [3.8, 4) is 0 Å². The third-order valence-electron chi connectivity index (χ3n) is 11.4. The summed E-state index contributed by atoms with van der Waals surface area (Å²) in [5, 5.41) is 9.79. The molecule has 0 aromatic rings. The Kier molecular flexibility index (Phi) is 48.5. The van der Waals surface area contributed by atoms with Gasteiger partial charge in [-0.2, -0.15) is 0 Å². The lowest BCUT2D eigenvalue weighted by molar-refractivity contribution is -0.161. The molecule has 0 heterocycles. The first kappa shape index (κ1) is 65.2. The molecule has 0 aromatic carbocycles. The second kappa shape index (κ2) is 50.6. The third kappa shape index (κ3) is 48.2. The van der Waals surface area contributed by atoms with E-state index in [0.717, 1.165) is 96.3 Å². The van der Waals surface area contributed by atoms with E-state index in [-0.39, 0.29) is 25.9 Å². The van der Waals surface area contributed by atoms with E-state index in [1.165, 1.54) is 83.5 Å². The predicted molar refractivity (Wildman–Crippen MR) is 279 cm³/mol. The molecule has 0 aromatic heterocycles. The first-order chi connectivity index (χ1) is 33.2. The number of phosphoric ester groups is 1. The Morgan fingerprint density at radius 2 is 0.765 bits per heavy atom. The molecule has 0 amide bonds. The van der Waals surface area contributed by atoms with Crippen molar-refractivity contribution < 1.29 is 52.2 Å². The highest BCUT2D eigenvalue weighted by atomic mass is 31.2. The first-order valence-electron chi connectivity index (χ1n) is 27.2. The van der Waals surface area contributed by atoms with Crippen molar-refractivity contribution in [2.24, 2.45) is 0 Å². The summed E-state index contributed by atoms with van der Waals surface area (Å²) in [6.45, 7) is 4.46. The molecule has 3 unspecified atom stereocenters. The Hall–Kier alpha value is -2.82. The summed E-state index contributed by atoms with van der Waals surface area (Å²) >= 11 is 0. The molecule has 0 aliphatic heterocycles. The minimum Gasteiger partial charge on any atom is -0.462 e. The lowest BCUT2D eigenvalue weighted by Gasteiger charge is -2.21. The molecular formula is C56H99O11P. The Bertz CT molecular complexity index is 1370. The number of hydrogen-bond donors (Lipinski definition) is 2. The van der Waals surface area contributed by atoms with Crippen LogP contribution < -0.4 is 0 Å². The van der Waals surface area contributed by atoms with Crippen molar-refractivity contribution in [3.63, 3.8) is 0 Å². The average Bonchev–Trinajstić information content (AvgIpc) is 3.32. The van der Waals surface area contributed by atoms with Crippen LogP contribution >= 0.6 is 7.82 Å². The lowest BCUT2D eigenvalue weighted by Crippen LogP contribution is -2.30. The van der Waals surface area contributed by atoms with Crippen LogP contribution in [0, 0.1) is 0 Å². The fourth-order valence-corrected chi connectivity index (χ4v) is 8.07. The highest BCUT2D eigenvalue weighted by Gasteiger charge is 2.28. The van der Waals surface area contributed by atoms with Gasteiger partial charge in [0.1, 0.15) is 12.7 Å². The van der Waals surface area contributed by atoms with E-state index in [4.69, 9.17) is 23.3 Å².